The van der Waals surface area contributed by atoms with Crippen LogP contribution in [0.2, 0.25) is 5.02 Å². The zero-order chi connectivity index (χ0) is 14.4. The highest BCUT2D eigenvalue weighted by molar-refractivity contribution is 7.99. The van der Waals surface area contributed by atoms with E-state index in [1.807, 2.05) is 48.5 Å². The predicted molar refractivity (Wildman–Crippen MR) is 84.1 cm³/mol. The lowest BCUT2D eigenvalue weighted by Gasteiger charge is -2.07. The van der Waals surface area contributed by atoms with Crippen molar-refractivity contribution in [2.75, 3.05) is 12.4 Å². The molecule has 2 aromatic carbocycles. The number of benzene rings is 2. The molecule has 0 saturated heterocycles. The van der Waals surface area contributed by atoms with Crippen LogP contribution in [0.4, 0.5) is 0 Å². The second kappa shape index (κ2) is 7.36. The minimum Gasteiger partial charge on any atom is -0.491 e. The SMILES string of the molecule is CC(=O)c1ccc(SCCOc2ccccc2Cl)cc1. The lowest BCUT2D eigenvalue weighted by atomic mass is 10.2. The van der Waals surface area contributed by atoms with Crippen molar-refractivity contribution in [2.45, 2.75) is 11.8 Å². The lowest BCUT2D eigenvalue weighted by molar-refractivity contribution is 0.101. The summed E-state index contributed by atoms with van der Waals surface area (Å²) in [5.41, 5.74) is 0.738. The van der Waals surface area contributed by atoms with Gasteiger partial charge in [0, 0.05) is 16.2 Å². The van der Waals surface area contributed by atoms with Crippen molar-refractivity contribution in [3.05, 3.63) is 59.1 Å². The van der Waals surface area contributed by atoms with Crippen LogP contribution in [0.25, 0.3) is 0 Å². The fourth-order valence-corrected chi connectivity index (χ4v) is 2.58. The number of Topliss-reactive ketones (excluding diaryl/α,β-unsaturated/α-hetero) is 1. The molecule has 0 unspecified atom stereocenters. The molecule has 4 heteroatoms. The Kier molecular flexibility index (Phi) is 5.50. The summed E-state index contributed by atoms with van der Waals surface area (Å²) in [6.07, 6.45) is 0. The van der Waals surface area contributed by atoms with Gasteiger partial charge in [0.25, 0.3) is 0 Å². The molecule has 0 aliphatic rings. The fraction of sp³-hybridized carbons (Fsp3) is 0.188. The molecule has 0 spiro atoms. The van der Waals surface area contributed by atoms with E-state index >= 15 is 0 Å². The minimum absolute atomic E-state index is 0.0867. The number of ether oxygens (including phenoxy) is 1. The average molecular weight is 307 g/mol. The molecule has 0 heterocycles. The van der Waals surface area contributed by atoms with Crippen LogP contribution < -0.4 is 4.74 Å². The number of rotatable bonds is 6. The third-order valence-electron chi connectivity index (χ3n) is 2.71. The van der Waals surface area contributed by atoms with Gasteiger partial charge in [-0.2, -0.15) is 0 Å². The van der Waals surface area contributed by atoms with E-state index in [2.05, 4.69) is 0 Å². The first kappa shape index (κ1) is 14.9. The monoisotopic (exact) mass is 306 g/mol. The van der Waals surface area contributed by atoms with Crippen LogP contribution in [-0.4, -0.2) is 18.1 Å². The maximum Gasteiger partial charge on any atom is 0.159 e. The van der Waals surface area contributed by atoms with Gasteiger partial charge in [-0.25, -0.2) is 0 Å². The number of ketones is 1. The Bertz CT molecular complexity index is 581. The van der Waals surface area contributed by atoms with Gasteiger partial charge in [0.05, 0.1) is 11.6 Å². The van der Waals surface area contributed by atoms with E-state index in [0.717, 1.165) is 16.2 Å². The molecule has 104 valence electrons. The van der Waals surface area contributed by atoms with Gasteiger partial charge in [-0.15, -0.1) is 11.8 Å². The smallest absolute Gasteiger partial charge is 0.159 e. The fourth-order valence-electron chi connectivity index (χ4n) is 1.66. The number of hydrogen-bond acceptors (Lipinski definition) is 3. The Labute approximate surface area is 128 Å². The highest BCUT2D eigenvalue weighted by atomic mass is 35.5. The summed E-state index contributed by atoms with van der Waals surface area (Å²) in [7, 11) is 0. The van der Waals surface area contributed by atoms with Crippen molar-refractivity contribution >= 4 is 29.1 Å². The topological polar surface area (TPSA) is 26.3 Å². The number of thioether (sulfide) groups is 1. The Hall–Kier alpha value is -1.45. The van der Waals surface area contributed by atoms with Crippen LogP contribution in [0.5, 0.6) is 5.75 Å². The van der Waals surface area contributed by atoms with Crippen molar-refractivity contribution in [3.8, 4) is 5.75 Å². The molecule has 0 radical (unpaired) electrons. The van der Waals surface area contributed by atoms with Gasteiger partial charge in [0.15, 0.2) is 5.78 Å². The van der Waals surface area contributed by atoms with Crippen molar-refractivity contribution in [1.82, 2.24) is 0 Å². The molecule has 2 rings (SSSR count). The largest absolute Gasteiger partial charge is 0.491 e. The normalized spacial score (nSPS) is 10.3. The molecule has 0 saturated carbocycles. The van der Waals surface area contributed by atoms with Crippen LogP contribution in [0, 0.1) is 0 Å². The van der Waals surface area contributed by atoms with Crippen LogP contribution in [0.3, 0.4) is 0 Å². The van der Waals surface area contributed by atoms with Crippen molar-refractivity contribution in [3.63, 3.8) is 0 Å². The van der Waals surface area contributed by atoms with Gasteiger partial charge < -0.3 is 4.74 Å². The first-order chi connectivity index (χ1) is 9.66. The third kappa shape index (κ3) is 4.29. The molecule has 0 aliphatic carbocycles. The maximum absolute atomic E-state index is 11.2. The zero-order valence-corrected chi connectivity index (χ0v) is 12.7. The van der Waals surface area contributed by atoms with Crippen molar-refractivity contribution in [2.24, 2.45) is 0 Å². The van der Waals surface area contributed by atoms with E-state index in [9.17, 15) is 4.79 Å². The van der Waals surface area contributed by atoms with E-state index in [1.165, 1.54) is 0 Å². The highest BCUT2D eigenvalue weighted by Crippen LogP contribution is 2.24. The summed E-state index contributed by atoms with van der Waals surface area (Å²) in [6.45, 7) is 2.16. The van der Waals surface area contributed by atoms with E-state index in [0.29, 0.717) is 17.4 Å². The van der Waals surface area contributed by atoms with E-state index in [-0.39, 0.29) is 5.78 Å². The van der Waals surface area contributed by atoms with Gasteiger partial charge in [0.1, 0.15) is 5.75 Å². The number of carbonyl (C=O) groups is 1. The van der Waals surface area contributed by atoms with Crippen molar-refractivity contribution < 1.29 is 9.53 Å². The third-order valence-corrected chi connectivity index (χ3v) is 4.00. The van der Waals surface area contributed by atoms with Crippen LogP contribution in [-0.2, 0) is 0 Å². The van der Waals surface area contributed by atoms with Gasteiger partial charge >= 0.3 is 0 Å². The van der Waals surface area contributed by atoms with Gasteiger partial charge in [-0.1, -0.05) is 35.9 Å². The molecule has 0 bridgehead atoms. The quantitative estimate of drug-likeness (QED) is 0.439. The molecule has 0 N–H and O–H groups in total. The minimum atomic E-state index is 0.0867. The van der Waals surface area contributed by atoms with E-state index in [4.69, 9.17) is 16.3 Å². The van der Waals surface area contributed by atoms with Gasteiger partial charge in [-0.3, -0.25) is 4.79 Å². The molecular formula is C16H15ClO2S. The Morgan fingerprint density at radius 3 is 2.50 bits per heavy atom. The number of carbonyl (C=O) groups excluding carboxylic acids is 1. The zero-order valence-electron chi connectivity index (χ0n) is 11.1. The summed E-state index contributed by atoms with van der Waals surface area (Å²) in [4.78, 5) is 12.3. The maximum atomic E-state index is 11.2. The van der Waals surface area contributed by atoms with Crippen LogP contribution >= 0.6 is 23.4 Å². The predicted octanol–water partition coefficient (Wildman–Crippen LogP) is 4.71. The molecule has 0 aromatic heterocycles. The summed E-state index contributed by atoms with van der Waals surface area (Å²) < 4.78 is 5.61. The lowest BCUT2D eigenvalue weighted by Crippen LogP contribution is -2.00. The second-order valence-electron chi connectivity index (χ2n) is 4.21. The van der Waals surface area contributed by atoms with Crippen LogP contribution in [0.1, 0.15) is 17.3 Å². The molecule has 0 amide bonds. The molecule has 2 aromatic rings. The highest BCUT2D eigenvalue weighted by Gasteiger charge is 2.01. The van der Waals surface area contributed by atoms with Crippen LogP contribution in [0.15, 0.2) is 53.4 Å². The summed E-state index contributed by atoms with van der Waals surface area (Å²) in [5, 5.41) is 0.628. The van der Waals surface area contributed by atoms with Gasteiger partial charge in [-0.05, 0) is 31.2 Å². The number of halogens is 1. The van der Waals surface area contributed by atoms with E-state index < -0.39 is 0 Å². The summed E-state index contributed by atoms with van der Waals surface area (Å²) in [5.74, 6) is 1.62. The molecular weight excluding hydrogens is 292 g/mol. The first-order valence-electron chi connectivity index (χ1n) is 6.28. The van der Waals surface area contributed by atoms with Crippen molar-refractivity contribution in [1.29, 1.82) is 0 Å². The Morgan fingerprint density at radius 1 is 1.15 bits per heavy atom. The molecule has 0 atom stereocenters. The molecule has 0 aliphatic heterocycles. The Balaban J connectivity index is 1.79. The summed E-state index contributed by atoms with van der Waals surface area (Å²) >= 11 is 7.69. The number of hydrogen-bond donors (Lipinski definition) is 0. The Morgan fingerprint density at radius 2 is 1.85 bits per heavy atom. The molecule has 0 fully saturated rings. The van der Waals surface area contributed by atoms with E-state index in [1.54, 1.807) is 18.7 Å². The molecule has 20 heavy (non-hydrogen) atoms. The first-order valence-corrected chi connectivity index (χ1v) is 7.64. The second-order valence-corrected chi connectivity index (χ2v) is 5.78. The summed E-state index contributed by atoms with van der Waals surface area (Å²) in [6, 6.07) is 15.0. The van der Waals surface area contributed by atoms with Gasteiger partial charge in [0.2, 0.25) is 0 Å². The molecule has 2 nitrogen and oxygen atoms in total. The standard InChI is InChI=1S/C16H15ClO2S/c1-12(18)13-6-8-14(9-7-13)20-11-10-19-16-5-3-2-4-15(16)17/h2-9H,10-11H2,1H3. The number of para-hydroxylation sites is 1. The average Bonchev–Trinajstić information content (AvgIpc) is 2.46.